The van der Waals surface area contributed by atoms with E-state index in [1.165, 1.54) is 18.2 Å². The fraction of sp³-hybridized carbons (Fsp3) is 0.278. The summed E-state index contributed by atoms with van der Waals surface area (Å²) >= 11 is 1.66. The molecule has 0 aliphatic heterocycles. The van der Waals surface area contributed by atoms with Gasteiger partial charge in [-0.25, -0.2) is 4.39 Å². The zero-order valence-corrected chi connectivity index (χ0v) is 15.3. The number of rotatable bonds is 8. The van der Waals surface area contributed by atoms with Crippen molar-refractivity contribution in [3.8, 4) is 0 Å². The monoisotopic (exact) mass is 376 g/mol. The SMILES string of the molecule is CN=C(NCCCSc1ccc(F)cc1)NCc1ccccc1[N+](=O)[O-]. The van der Waals surface area contributed by atoms with Crippen molar-refractivity contribution in [2.45, 2.75) is 17.9 Å². The van der Waals surface area contributed by atoms with Gasteiger partial charge in [-0.3, -0.25) is 15.1 Å². The third-order valence-corrected chi connectivity index (χ3v) is 4.65. The summed E-state index contributed by atoms with van der Waals surface area (Å²) in [6.45, 7) is 1.03. The van der Waals surface area contributed by atoms with Gasteiger partial charge in [-0.15, -0.1) is 11.8 Å². The maximum absolute atomic E-state index is 12.8. The van der Waals surface area contributed by atoms with Crippen LogP contribution in [0.5, 0.6) is 0 Å². The average Bonchev–Trinajstić information content (AvgIpc) is 2.65. The predicted molar refractivity (Wildman–Crippen MR) is 103 cm³/mol. The molecule has 2 rings (SSSR count). The molecule has 0 aliphatic rings. The maximum Gasteiger partial charge on any atom is 0.274 e. The van der Waals surface area contributed by atoms with Gasteiger partial charge in [0.05, 0.1) is 4.92 Å². The summed E-state index contributed by atoms with van der Waals surface area (Å²) in [5.74, 6) is 1.25. The highest BCUT2D eigenvalue weighted by molar-refractivity contribution is 7.99. The van der Waals surface area contributed by atoms with Crippen molar-refractivity contribution in [3.63, 3.8) is 0 Å². The standard InChI is InChI=1S/C18H21FN4O2S/c1-20-18(22-13-14-5-2-3-6-17(14)23(24)25)21-11-4-12-26-16-9-7-15(19)8-10-16/h2-3,5-10H,4,11-13H2,1H3,(H2,20,21,22). The van der Waals surface area contributed by atoms with E-state index in [2.05, 4.69) is 15.6 Å². The van der Waals surface area contributed by atoms with Crippen molar-refractivity contribution in [2.75, 3.05) is 19.3 Å². The molecule has 0 atom stereocenters. The molecule has 2 N–H and O–H groups in total. The first-order valence-electron chi connectivity index (χ1n) is 8.15. The Kier molecular flexibility index (Phi) is 7.88. The Bertz CT molecular complexity index is 753. The molecule has 2 aromatic carbocycles. The molecule has 0 bridgehead atoms. The van der Waals surface area contributed by atoms with Crippen LogP contribution in [0.3, 0.4) is 0 Å². The molecule has 0 spiro atoms. The molecule has 0 radical (unpaired) electrons. The largest absolute Gasteiger partial charge is 0.356 e. The number of nitrogens with zero attached hydrogens (tertiary/aromatic N) is 2. The average molecular weight is 376 g/mol. The van der Waals surface area contributed by atoms with Crippen LogP contribution in [0, 0.1) is 15.9 Å². The topological polar surface area (TPSA) is 79.6 Å². The van der Waals surface area contributed by atoms with E-state index in [0.717, 1.165) is 17.1 Å². The molecule has 6 nitrogen and oxygen atoms in total. The summed E-state index contributed by atoms with van der Waals surface area (Å²) in [5, 5.41) is 17.3. The van der Waals surface area contributed by atoms with Crippen LogP contribution >= 0.6 is 11.8 Å². The van der Waals surface area contributed by atoms with Crippen LogP contribution in [0.15, 0.2) is 58.4 Å². The lowest BCUT2D eigenvalue weighted by Crippen LogP contribution is -2.37. The minimum Gasteiger partial charge on any atom is -0.356 e. The summed E-state index contributed by atoms with van der Waals surface area (Å²) in [7, 11) is 1.65. The molecular weight excluding hydrogens is 355 g/mol. The minimum absolute atomic E-state index is 0.0890. The molecule has 26 heavy (non-hydrogen) atoms. The maximum atomic E-state index is 12.8. The number of hydrogen-bond acceptors (Lipinski definition) is 4. The van der Waals surface area contributed by atoms with Crippen LogP contribution in [0.1, 0.15) is 12.0 Å². The van der Waals surface area contributed by atoms with Crippen LogP contribution in [-0.2, 0) is 6.54 Å². The summed E-state index contributed by atoms with van der Waals surface area (Å²) in [6, 6.07) is 13.1. The van der Waals surface area contributed by atoms with Crippen LogP contribution in [0.2, 0.25) is 0 Å². The van der Waals surface area contributed by atoms with Gasteiger partial charge >= 0.3 is 0 Å². The summed E-state index contributed by atoms with van der Waals surface area (Å²) in [6.07, 6.45) is 0.897. The third kappa shape index (κ3) is 6.36. The molecule has 0 amide bonds. The number of nitrogens with one attached hydrogen (secondary N) is 2. The predicted octanol–water partition coefficient (Wildman–Crippen LogP) is 3.58. The fourth-order valence-electron chi connectivity index (χ4n) is 2.24. The van der Waals surface area contributed by atoms with E-state index in [1.807, 2.05) is 0 Å². The molecule has 0 unspecified atom stereocenters. The van der Waals surface area contributed by atoms with Gasteiger partial charge in [0.25, 0.3) is 5.69 Å². The first-order valence-corrected chi connectivity index (χ1v) is 9.14. The van der Waals surface area contributed by atoms with Crippen molar-refractivity contribution < 1.29 is 9.31 Å². The molecule has 138 valence electrons. The van der Waals surface area contributed by atoms with E-state index in [9.17, 15) is 14.5 Å². The van der Waals surface area contributed by atoms with Gasteiger partial charge in [0.1, 0.15) is 5.82 Å². The van der Waals surface area contributed by atoms with E-state index >= 15 is 0 Å². The molecule has 0 saturated carbocycles. The summed E-state index contributed by atoms with van der Waals surface area (Å²) in [5.41, 5.74) is 0.693. The van der Waals surface area contributed by atoms with E-state index < -0.39 is 0 Å². The Morgan fingerprint density at radius 1 is 1.19 bits per heavy atom. The Morgan fingerprint density at radius 3 is 2.62 bits per heavy atom. The first-order chi connectivity index (χ1) is 12.6. The first kappa shape index (κ1) is 19.7. The van der Waals surface area contributed by atoms with Crippen molar-refractivity contribution >= 4 is 23.4 Å². The second-order valence-corrected chi connectivity index (χ2v) is 6.56. The van der Waals surface area contributed by atoms with Gasteiger partial charge in [-0.1, -0.05) is 18.2 Å². The summed E-state index contributed by atoms with van der Waals surface area (Å²) < 4.78 is 12.8. The van der Waals surface area contributed by atoms with Gasteiger partial charge in [0.2, 0.25) is 0 Å². The van der Waals surface area contributed by atoms with Crippen molar-refractivity contribution in [1.82, 2.24) is 10.6 Å². The number of thioether (sulfide) groups is 1. The van der Waals surface area contributed by atoms with E-state index in [1.54, 1.807) is 49.1 Å². The lowest BCUT2D eigenvalue weighted by Gasteiger charge is -2.12. The number of benzene rings is 2. The van der Waals surface area contributed by atoms with Gasteiger partial charge in [0.15, 0.2) is 5.96 Å². The molecule has 0 fully saturated rings. The van der Waals surface area contributed by atoms with Crippen LogP contribution in [-0.4, -0.2) is 30.2 Å². The molecule has 8 heteroatoms. The molecule has 0 aliphatic carbocycles. The Balaban J connectivity index is 1.71. The number of guanidine groups is 1. The second kappa shape index (κ2) is 10.4. The Labute approximate surface area is 156 Å². The highest BCUT2D eigenvalue weighted by Crippen LogP contribution is 2.18. The Morgan fingerprint density at radius 2 is 1.92 bits per heavy atom. The highest BCUT2D eigenvalue weighted by atomic mass is 32.2. The zero-order valence-electron chi connectivity index (χ0n) is 14.4. The van der Waals surface area contributed by atoms with E-state index in [4.69, 9.17) is 0 Å². The van der Waals surface area contributed by atoms with Gasteiger partial charge in [0, 0.05) is 36.7 Å². The second-order valence-electron chi connectivity index (χ2n) is 5.39. The normalized spacial score (nSPS) is 11.2. The fourth-order valence-corrected chi connectivity index (χ4v) is 3.09. The molecular formula is C18H21FN4O2S. The number of halogens is 1. The quantitative estimate of drug-likeness (QED) is 0.184. The Hall–Kier alpha value is -2.61. The van der Waals surface area contributed by atoms with Crippen molar-refractivity contribution in [2.24, 2.45) is 4.99 Å². The highest BCUT2D eigenvalue weighted by Gasteiger charge is 2.12. The van der Waals surface area contributed by atoms with E-state index in [-0.39, 0.29) is 16.4 Å². The zero-order chi connectivity index (χ0) is 18.8. The van der Waals surface area contributed by atoms with Crippen LogP contribution in [0.4, 0.5) is 10.1 Å². The van der Waals surface area contributed by atoms with Gasteiger partial charge in [-0.05, 0) is 36.4 Å². The lowest BCUT2D eigenvalue weighted by molar-refractivity contribution is -0.385. The van der Waals surface area contributed by atoms with Crippen LogP contribution < -0.4 is 10.6 Å². The molecule has 0 heterocycles. The van der Waals surface area contributed by atoms with Crippen molar-refractivity contribution in [3.05, 3.63) is 70.0 Å². The van der Waals surface area contributed by atoms with Gasteiger partial charge in [-0.2, -0.15) is 0 Å². The number of nitro groups is 1. The van der Waals surface area contributed by atoms with Crippen LogP contribution in [0.25, 0.3) is 0 Å². The van der Waals surface area contributed by atoms with Crippen molar-refractivity contribution in [1.29, 1.82) is 0 Å². The van der Waals surface area contributed by atoms with E-state index in [0.29, 0.717) is 24.6 Å². The number of hydrogen-bond donors (Lipinski definition) is 2. The number of nitro benzene ring substituents is 1. The molecule has 0 saturated heterocycles. The minimum atomic E-state index is -0.389. The molecule has 0 aromatic heterocycles. The van der Waals surface area contributed by atoms with Gasteiger partial charge < -0.3 is 10.6 Å². The summed E-state index contributed by atoms with van der Waals surface area (Å²) in [4.78, 5) is 15.8. The number of aliphatic imine (C=N–C) groups is 1. The third-order valence-electron chi connectivity index (χ3n) is 3.55. The lowest BCUT2D eigenvalue weighted by atomic mass is 10.2. The molecule has 2 aromatic rings. The number of para-hydroxylation sites is 1. The smallest absolute Gasteiger partial charge is 0.274 e.